The summed E-state index contributed by atoms with van der Waals surface area (Å²) < 4.78 is 38.4. The topological polar surface area (TPSA) is 94.6 Å². The summed E-state index contributed by atoms with van der Waals surface area (Å²) in [6, 6.07) is 6.13. The minimum Gasteiger partial charge on any atom is -0.508 e. The molecule has 1 aromatic carbocycles. The lowest BCUT2D eigenvalue weighted by molar-refractivity contribution is -0.137. The first-order chi connectivity index (χ1) is 16.2. The van der Waals surface area contributed by atoms with Crippen molar-refractivity contribution in [2.24, 2.45) is 0 Å². The number of aromatic hydroxyl groups is 1. The summed E-state index contributed by atoms with van der Waals surface area (Å²) in [5.41, 5.74) is -0.153. The second kappa shape index (κ2) is 10.0. The van der Waals surface area contributed by atoms with Crippen molar-refractivity contribution in [2.75, 3.05) is 19.6 Å². The maximum Gasteiger partial charge on any atom is 0.416 e. The number of aromatic nitrogens is 1. The molecule has 2 heterocycles. The van der Waals surface area contributed by atoms with Gasteiger partial charge in [-0.25, -0.2) is 0 Å². The van der Waals surface area contributed by atoms with Gasteiger partial charge in [0.15, 0.2) is 0 Å². The van der Waals surface area contributed by atoms with Crippen molar-refractivity contribution >= 4 is 11.8 Å². The summed E-state index contributed by atoms with van der Waals surface area (Å²) in [5, 5.41) is 15.3. The molecule has 1 saturated carbocycles. The minimum absolute atomic E-state index is 0.0157. The fourth-order valence-corrected chi connectivity index (χ4v) is 4.75. The Bertz CT molecular complexity index is 1030. The van der Waals surface area contributed by atoms with Gasteiger partial charge in [-0.1, -0.05) is 6.07 Å². The number of likely N-dealkylation sites (tertiary alicyclic amines) is 1. The van der Waals surface area contributed by atoms with E-state index in [1.54, 1.807) is 18.5 Å². The molecule has 0 atom stereocenters. The lowest BCUT2D eigenvalue weighted by Gasteiger charge is -2.46. The van der Waals surface area contributed by atoms with Crippen molar-refractivity contribution in [2.45, 2.75) is 49.9 Å². The second-order valence-corrected chi connectivity index (χ2v) is 8.92. The van der Waals surface area contributed by atoms with Crippen molar-refractivity contribution in [3.8, 4) is 5.75 Å². The summed E-state index contributed by atoms with van der Waals surface area (Å²) in [4.78, 5) is 30.7. The van der Waals surface area contributed by atoms with Crippen LogP contribution in [0.1, 0.15) is 53.1 Å². The molecule has 1 aliphatic carbocycles. The number of nitrogens with zero attached hydrogens (tertiary/aromatic N) is 2. The molecule has 1 aromatic heterocycles. The summed E-state index contributed by atoms with van der Waals surface area (Å²) >= 11 is 0. The molecule has 2 fully saturated rings. The van der Waals surface area contributed by atoms with Crippen molar-refractivity contribution < 1.29 is 27.9 Å². The van der Waals surface area contributed by atoms with Gasteiger partial charge in [0.05, 0.1) is 18.2 Å². The zero-order valence-corrected chi connectivity index (χ0v) is 18.5. The van der Waals surface area contributed by atoms with E-state index in [9.17, 15) is 27.9 Å². The summed E-state index contributed by atoms with van der Waals surface area (Å²) in [7, 11) is 0. The maximum atomic E-state index is 12.8. The van der Waals surface area contributed by atoms with Gasteiger partial charge in [0, 0.05) is 42.7 Å². The zero-order valence-electron chi connectivity index (χ0n) is 18.5. The molecule has 4 rings (SSSR count). The summed E-state index contributed by atoms with van der Waals surface area (Å²) in [6.45, 7) is 1.15. The van der Waals surface area contributed by atoms with Gasteiger partial charge >= 0.3 is 6.18 Å². The van der Waals surface area contributed by atoms with Crippen LogP contribution in [0, 0.1) is 0 Å². The molecule has 0 unspecified atom stereocenters. The van der Waals surface area contributed by atoms with E-state index in [1.807, 2.05) is 0 Å². The van der Waals surface area contributed by atoms with Crippen LogP contribution in [-0.4, -0.2) is 58.5 Å². The fourth-order valence-electron chi connectivity index (χ4n) is 4.75. The third kappa shape index (κ3) is 5.67. The third-order valence-electron chi connectivity index (χ3n) is 6.62. The highest BCUT2D eigenvalue weighted by molar-refractivity contribution is 5.96. The van der Waals surface area contributed by atoms with Gasteiger partial charge in [-0.15, -0.1) is 0 Å². The highest BCUT2D eigenvalue weighted by Crippen LogP contribution is 2.38. The van der Waals surface area contributed by atoms with Gasteiger partial charge in [0.25, 0.3) is 5.91 Å². The number of carbonyl (C=O) groups excluding carboxylic acids is 2. The van der Waals surface area contributed by atoms with Crippen molar-refractivity contribution in [3.63, 3.8) is 0 Å². The number of carbonyl (C=O) groups is 2. The highest BCUT2D eigenvalue weighted by Gasteiger charge is 2.36. The molecular weight excluding hydrogens is 449 g/mol. The molecular formula is C24H27F3N4O3. The molecule has 7 nitrogen and oxygen atoms in total. The van der Waals surface area contributed by atoms with Gasteiger partial charge in [-0.2, -0.15) is 13.2 Å². The van der Waals surface area contributed by atoms with E-state index in [0.29, 0.717) is 17.7 Å². The quantitative estimate of drug-likeness (QED) is 0.596. The van der Waals surface area contributed by atoms with Crippen LogP contribution in [0.5, 0.6) is 5.75 Å². The summed E-state index contributed by atoms with van der Waals surface area (Å²) in [6.07, 6.45) is 2.73. The number of pyridine rings is 1. The molecule has 0 spiro atoms. The van der Waals surface area contributed by atoms with Crippen LogP contribution in [0.15, 0.2) is 42.7 Å². The van der Waals surface area contributed by atoms with Gasteiger partial charge in [0.1, 0.15) is 5.75 Å². The fraction of sp³-hybridized carbons (Fsp3) is 0.458. The van der Waals surface area contributed by atoms with Crippen LogP contribution >= 0.6 is 0 Å². The first-order valence-corrected chi connectivity index (χ1v) is 11.3. The number of halogens is 3. The van der Waals surface area contributed by atoms with E-state index in [4.69, 9.17) is 0 Å². The second-order valence-electron chi connectivity index (χ2n) is 8.92. The van der Waals surface area contributed by atoms with Crippen molar-refractivity contribution in [1.29, 1.82) is 0 Å². The Labute approximate surface area is 195 Å². The molecule has 34 heavy (non-hydrogen) atoms. The molecule has 2 amide bonds. The number of rotatable bonds is 6. The number of amides is 2. The van der Waals surface area contributed by atoms with E-state index in [1.165, 1.54) is 6.07 Å². The molecule has 3 N–H and O–H groups in total. The maximum absolute atomic E-state index is 12.8. The van der Waals surface area contributed by atoms with E-state index >= 15 is 0 Å². The van der Waals surface area contributed by atoms with Crippen LogP contribution in [0.25, 0.3) is 0 Å². The first kappa shape index (κ1) is 24.0. The van der Waals surface area contributed by atoms with Crippen LogP contribution in [0.4, 0.5) is 13.2 Å². The minimum atomic E-state index is -4.54. The number of hydrogen-bond acceptors (Lipinski definition) is 5. The predicted octanol–water partition coefficient (Wildman–Crippen LogP) is 3.06. The SMILES string of the molecule is O=C(CNC(=O)c1cccc(C(F)(F)F)c1)NC1CN(C2CCC(c3cnccc3O)CC2)C1. The molecule has 182 valence electrons. The average Bonchev–Trinajstić information content (AvgIpc) is 2.79. The normalized spacial score (nSPS) is 21.5. The van der Waals surface area contributed by atoms with E-state index < -0.39 is 17.6 Å². The average molecular weight is 476 g/mol. The third-order valence-corrected chi connectivity index (χ3v) is 6.62. The first-order valence-electron chi connectivity index (χ1n) is 11.3. The molecule has 10 heteroatoms. The monoisotopic (exact) mass is 476 g/mol. The van der Waals surface area contributed by atoms with Gasteiger partial charge in [-0.05, 0) is 55.9 Å². The van der Waals surface area contributed by atoms with Crippen LogP contribution in [-0.2, 0) is 11.0 Å². The number of alkyl halides is 3. The lowest BCUT2D eigenvalue weighted by atomic mass is 9.80. The zero-order chi connectivity index (χ0) is 24.3. The van der Waals surface area contributed by atoms with Crippen molar-refractivity contribution in [3.05, 3.63) is 59.4 Å². The number of nitrogens with one attached hydrogen (secondary N) is 2. The Hall–Kier alpha value is -3.14. The molecule has 0 bridgehead atoms. The van der Waals surface area contributed by atoms with Crippen LogP contribution in [0.2, 0.25) is 0 Å². The molecule has 0 radical (unpaired) electrons. The van der Waals surface area contributed by atoms with Crippen molar-refractivity contribution in [1.82, 2.24) is 20.5 Å². The lowest BCUT2D eigenvalue weighted by Crippen LogP contribution is -2.63. The Morgan fingerprint density at radius 1 is 1.12 bits per heavy atom. The van der Waals surface area contributed by atoms with Gasteiger partial charge in [-0.3, -0.25) is 19.5 Å². The Morgan fingerprint density at radius 2 is 1.85 bits per heavy atom. The van der Waals surface area contributed by atoms with E-state index in [2.05, 4.69) is 20.5 Å². The standard InChI is InChI=1S/C24H27F3N4O3/c25-24(26,27)17-3-1-2-16(10-17)23(34)29-12-22(33)30-18-13-31(14-18)19-6-4-15(5-7-19)20-11-28-9-8-21(20)32/h1-3,8-11,15,18-19H,4-7,12-14H2,(H,28,32)(H,29,34)(H,30,33). The van der Waals surface area contributed by atoms with Gasteiger partial charge in [0.2, 0.25) is 5.91 Å². The number of hydrogen-bond donors (Lipinski definition) is 3. The number of benzene rings is 1. The summed E-state index contributed by atoms with van der Waals surface area (Å²) in [5.74, 6) is -0.499. The molecule has 1 aliphatic heterocycles. The largest absolute Gasteiger partial charge is 0.508 e. The van der Waals surface area contributed by atoms with Gasteiger partial charge < -0.3 is 15.7 Å². The Morgan fingerprint density at radius 3 is 2.53 bits per heavy atom. The Balaban J connectivity index is 1.16. The van der Waals surface area contributed by atoms with E-state index in [-0.39, 0.29) is 24.1 Å². The molecule has 2 aliphatic rings. The van der Waals surface area contributed by atoms with Crippen LogP contribution < -0.4 is 10.6 Å². The molecule has 1 saturated heterocycles. The predicted molar refractivity (Wildman–Crippen MR) is 118 cm³/mol. The smallest absolute Gasteiger partial charge is 0.416 e. The van der Waals surface area contributed by atoms with E-state index in [0.717, 1.165) is 62.5 Å². The highest BCUT2D eigenvalue weighted by atomic mass is 19.4. The van der Waals surface area contributed by atoms with Crippen LogP contribution in [0.3, 0.4) is 0 Å². The molecule has 2 aromatic rings. The Kier molecular flexibility index (Phi) is 7.06.